The summed E-state index contributed by atoms with van der Waals surface area (Å²) >= 11 is 0. The van der Waals surface area contributed by atoms with Gasteiger partial charge in [0.05, 0.1) is 30.7 Å². The van der Waals surface area contributed by atoms with E-state index in [1.807, 2.05) is 0 Å². The van der Waals surface area contributed by atoms with E-state index in [4.69, 9.17) is 14.7 Å². The zero-order valence-electron chi connectivity index (χ0n) is 14.7. The Morgan fingerprint density at radius 3 is 2.50 bits per heavy atom. The minimum Gasteiger partial charge on any atom is -0.493 e. The van der Waals surface area contributed by atoms with Crippen LogP contribution >= 0.6 is 0 Å². The number of hydrogen-bond acceptors (Lipinski definition) is 5. The maximum absolute atomic E-state index is 13.1. The van der Waals surface area contributed by atoms with Crippen LogP contribution in [-0.4, -0.2) is 33.5 Å². The summed E-state index contributed by atoms with van der Waals surface area (Å²) in [6.07, 6.45) is 1.52. The lowest BCUT2D eigenvalue weighted by Gasteiger charge is -2.21. The first-order valence-electron chi connectivity index (χ1n) is 7.78. The summed E-state index contributed by atoms with van der Waals surface area (Å²) in [5.41, 5.74) is 1.19. The largest absolute Gasteiger partial charge is 0.493 e. The Hall–Kier alpha value is -2.82. The Morgan fingerprint density at radius 2 is 1.88 bits per heavy atom. The smallest absolute Gasteiger partial charge is 0.243 e. The van der Waals surface area contributed by atoms with Crippen LogP contribution in [-0.2, 0) is 16.6 Å². The molecule has 2 aromatic rings. The van der Waals surface area contributed by atoms with Gasteiger partial charge in [0.25, 0.3) is 0 Å². The van der Waals surface area contributed by atoms with Gasteiger partial charge in [0, 0.05) is 19.2 Å². The first-order valence-corrected chi connectivity index (χ1v) is 9.22. The van der Waals surface area contributed by atoms with Crippen molar-refractivity contribution in [3.63, 3.8) is 0 Å². The van der Waals surface area contributed by atoms with Crippen LogP contribution in [0.5, 0.6) is 11.5 Å². The average molecular weight is 372 g/mol. The van der Waals surface area contributed by atoms with Crippen LogP contribution in [0.15, 0.2) is 60.0 Å². The summed E-state index contributed by atoms with van der Waals surface area (Å²) in [4.78, 5) is 0.0911. The quantitative estimate of drug-likeness (QED) is 0.666. The van der Waals surface area contributed by atoms with Crippen LogP contribution in [0.2, 0.25) is 0 Å². The molecular formula is C19H20N2O4S. The van der Waals surface area contributed by atoms with Crippen molar-refractivity contribution in [3.8, 4) is 17.6 Å². The minimum absolute atomic E-state index is 0.0911. The third-order valence-corrected chi connectivity index (χ3v) is 5.55. The van der Waals surface area contributed by atoms with Crippen molar-refractivity contribution in [2.75, 3.05) is 20.8 Å². The second-order valence-electron chi connectivity index (χ2n) is 5.42. The fourth-order valence-electron chi connectivity index (χ4n) is 2.46. The Morgan fingerprint density at radius 1 is 1.15 bits per heavy atom. The van der Waals surface area contributed by atoms with Gasteiger partial charge in [-0.1, -0.05) is 18.2 Å². The van der Waals surface area contributed by atoms with Gasteiger partial charge in [0.2, 0.25) is 10.0 Å². The first kappa shape index (κ1) is 19.5. The molecule has 26 heavy (non-hydrogen) atoms. The van der Waals surface area contributed by atoms with Gasteiger partial charge in [-0.2, -0.15) is 9.57 Å². The number of benzene rings is 2. The molecule has 0 aliphatic heterocycles. The predicted octanol–water partition coefficient (Wildman–Crippen LogP) is 2.95. The second-order valence-corrected chi connectivity index (χ2v) is 7.35. The number of nitriles is 1. The lowest BCUT2D eigenvalue weighted by molar-refractivity contribution is 0.353. The van der Waals surface area contributed by atoms with E-state index in [1.165, 1.54) is 36.7 Å². The SMILES string of the molecule is C=CCN(Cc1cccc(C#N)c1)S(=O)(=O)c1ccc(OC)c(OC)c1. The van der Waals surface area contributed by atoms with E-state index in [9.17, 15) is 8.42 Å². The van der Waals surface area contributed by atoms with Gasteiger partial charge >= 0.3 is 0 Å². The molecule has 2 rings (SSSR count). The molecule has 0 amide bonds. The predicted molar refractivity (Wildman–Crippen MR) is 98.5 cm³/mol. The molecule has 0 aliphatic rings. The molecule has 0 atom stereocenters. The van der Waals surface area contributed by atoms with Gasteiger partial charge in [0.1, 0.15) is 0 Å². The molecule has 0 aromatic heterocycles. The van der Waals surface area contributed by atoms with E-state index in [0.29, 0.717) is 17.1 Å². The molecule has 0 fully saturated rings. The molecule has 0 saturated heterocycles. The van der Waals surface area contributed by atoms with E-state index >= 15 is 0 Å². The van der Waals surface area contributed by atoms with Crippen LogP contribution in [0.25, 0.3) is 0 Å². The molecule has 0 heterocycles. The summed E-state index contributed by atoms with van der Waals surface area (Å²) in [6.45, 7) is 3.90. The fraction of sp³-hybridized carbons (Fsp3) is 0.211. The Labute approximate surface area is 153 Å². The third-order valence-electron chi connectivity index (χ3n) is 3.74. The molecule has 0 spiro atoms. The lowest BCUT2D eigenvalue weighted by atomic mass is 10.1. The van der Waals surface area contributed by atoms with Crippen LogP contribution in [0.3, 0.4) is 0 Å². The highest BCUT2D eigenvalue weighted by Crippen LogP contribution is 2.31. The third kappa shape index (κ3) is 4.23. The van der Waals surface area contributed by atoms with Crippen molar-refractivity contribution >= 4 is 10.0 Å². The molecular weight excluding hydrogens is 352 g/mol. The summed E-state index contributed by atoms with van der Waals surface area (Å²) < 4.78 is 37.8. The van der Waals surface area contributed by atoms with Crippen LogP contribution in [0, 0.1) is 11.3 Å². The van der Waals surface area contributed by atoms with Crippen LogP contribution in [0.1, 0.15) is 11.1 Å². The average Bonchev–Trinajstić information content (AvgIpc) is 2.67. The van der Waals surface area contributed by atoms with E-state index in [-0.39, 0.29) is 18.0 Å². The van der Waals surface area contributed by atoms with E-state index in [2.05, 4.69) is 12.6 Å². The molecule has 0 bridgehead atoms. The van der Waals surface area contributed by atoms with Crippen molar-refractivity contribution in [1.29, 1.82) is 5.26 Å². The monoisotopic (exact) mass is 372 g/mol. The molecule has 0 radical (unpaired) electrons. The normalized spacial score (nSPS) is 11.0. The summed E-state index contributed by atoms with van der Waals surface area (Å²) in [6, 6.07) is 13.3. The topological polar surface area (TPSA) is 79.6 Å². The maximum Gasteiger partial charge on any atom is 0.243 e. The van der Waals surface area contributed by atoms with Gasteiger partial charge in [-0.25, -0.2) is 8.42 Å². The zero-order chi connectivity index (χ0) is 19.2. The lowest BCUT2D eigenvalue weighted by Crippen LogP contribution is -2.30. The number of rotatable bonds is 8. The molecule has 136 valence electrons. The molecule has 0 aliphatic carbocycles. The fourth-order valence-corrected chi connectivity index (χ4v) is 3.88. The number of methoxy groups -OCH3 is 2. The Kier molecular flexibility index (Phi) is 6.39. The van der Waals surface area contributed by atoms with E-state index in [1.54, 1.807) is 30.3 Å². The highest BCUT2D eigenvalue weighted by atomic mass is 32.2. The van der Waals surface area contributed by atoms with Crippen molar-refractivity contribution in [2.45, 2.75) is 11.4 Å². The molecule has 7 heteroatoms. The summed E-state index contributed by atoms with van der Waals surface area (Å²) in [5.74, 6) is 0.780. The number of sulfonamides is 1. The second kappa shape index (κ2) is 8.52. The number of hydrogen-bond donors (Lipinski definition) is 0. The first-order chi connectivity index (χ1) is 12.5. The minimum atomic E-state index is -3.79. The van der Waals surface area contributed by atoms with Crippen molar-refractivity contribution in [3.05, 3.63) is 66.2 Å². The highest BCUT2D eigenvalue weighted by molar-refractivity contribution is 7.89. The molecule has 0 saturated carbocycles. The van der Waals surface area contributed by atoms with Crippen molar-refractivity contribution in [2.24, 2.45) is 0 Å². The Balaban J connectivity index is 2.41. The van der Waals surface area contributed by atoms with E-state index < -0.39 is 10.0 Å². The Bertz CT molecular complexity index is 933. The van der Waals surface area contributed by atoms with Gasteiger partial charge in [-0.05, 0) is 29.8 Å². The molecule has 0 N–H and O–H groups in total. The van der Waals surface area contributed by atoms with Gasteiger partial charge in [-0.15, -0.1) is 6.58 Å². The van der Waals surface area contributed by atoms with Gasteiger partial charge < -0.3 is 9.47 Å². The maximum atomic E-state index is 13.1. The van der Waals surface area contributed by atoms with Gasteiger partial charge in [-0.3, -0.25) is 0 Å². The summed E-state index contributed by atoms with van der Waals surface area (Å²) in [7, 11) is -0.863. The van der Waals surface area contributed by atoms with Crippen LogP contribution < -0.4 is 9.47 Å². The van der Waals surface area contributed by atoms with Crippen molar-refractivity contribution in [1.82, 2.24) is 4.31 Å². The zero-order valence-corrected chi connectivity index (χ0v) is 15.5. The van der Waals surface area contributed by atoms with E-state index in [0.717, 1.165) is 5.56 Å². The number of nitrogens with zero attached hydrogens (tertiary/aromatic N) is 2. The molecule has 6 nitrogen and oxygen atoms in total. The molecule has 0 unspecified atom stereocenters. The highest BCUT2D eigenvalue weighted by Gasteiger charge is 2.25. The molecule has 2 aromatic carbocycles. The standard InChI is InChI=1S/C19H20N2O4S/c1-4-10-21(14-16-7-5-6-15(11-16)13-20)26(22,23)17-8-9-18(24-2)19(12-17)25-3/h4-9,11-12H,1,10,14H2,2-3H3. The van der Waals surface area contributed by atoms with Gasteiger partial charge in [0.15, 0.2) is 11.5 Å². The summed E-state index contributed by atoms with van der Waals surface area (Å²) in [5, 5.41) is 9.02. The number of ether oxygens (including phenoxy) is 2. The van der Waals surface area contributed by atoms with Crippen LogP contribution in [0.4, 0.5) is 0 Å². The van der Waals surface area contributed by atoms with Crippen molar-refractivity contribution < 1.29 is 17.9 Å².